The molecule has 0 fully saturated rings. The van der Waals surface area contributed by atoms with Crippen molar-refractivity contribution in [2.75, 3.05) is 13.1 Å². The minimum absolute atomic E-state index is 0.284. The van der Waals surface area contributed by atoms with Crippen LogP contribution in [0.4, 0.5) is 8.78 Å². The smallest absolute Gasteiger partial charge is 0.126 e. The Bertz CT molecular complexity index is 377. The number of nitrogens with one attached hydrogen (secondary N) is 1. The Balaban J connectivity index is 2.45. The standard InChI is InChI=1S/C15H23F2N/c1-4-18-8-7-11(2)5-6-13-10-14(16)12(3)9-15(13)17/h9-11,18H,4-8H2,1-3H3. The lowest BCUT2D eigenvalue weighted by molar-refractivity contribution is 0.467. The van der Waals surface area contributed by atoms with E-state index in [1.807, 2.05) is 0 Å². The van der Waals surface area contributed by atoms with Crippen molar-refractivity contribution >= 4 is 0 Å². The Morgan fingerprint density at radius 3 is 2.56 bits per heavy atom. The highest BCUT2D eigenvalue weighted by Crippen LogP contribution is 2.18. The molecule has 1 nitrogen and oxygen atoms in total. The van der Waals surface area contributed by atoms with Gasteiger partial charge in [-0.05, 0) is 68.5 Å². The minimum atomic E-state index is -0.313. The first-order valence-corrected chi connectivity index (χ1v) is 6.69. The maximum Gasteiger partial charge on any atom is 0.126 e. The second-order valence-electron chi connectivity index (χ2n) is 4.98. The van der Waals surface area contributed by atoms with E-state index < -0.39 is 0 Å². The van der Waals surface area contributed by atoms with Crippen LogP contribution in [0.2, 0.25) is 0 Å². The van der Waals surface area contributed by atoms with Gasteiger partial charge in [0.15, 0.2) is 0 Å². The summed E-state index contributed by atoms with van der Waals surface area (Å²) in [7, 11) is 0. The average molecular weight is 255 g/mol. The molecular formula is C15H23F2N. The molecule has 0 saturated heterocycles. The molecule has 0 aliphatic heterocycles. The van der Waals surface area contributed by atoms with Crippen LogP contribution in [0.1, 0.15) is 37.8 Å². The van der Waals surface area contributed by atoms with Gasteiger partial charge in [-0.1, -0.05) is 13.8 Å². The number of hydrogen-bond donors (Lipinski definition) is 1. The summed E-state index contributed by atoms with van der Waals surface area (Å²) >= 11 is 0. The molecule has 0 spiro atoms. The van der Waals surface area contributed by atoms with Gasteiger partial charge < -0.3 is 5.32 Å². The molecule has 3 heteroatoms. The van der Waals surface area contributed by atoms with Crippen LogP contribution < -0.4 is 5.32 Å². The zero-order valence-electron chi connectivity index (χ0n) is 11.5. The average Bonchev–Trinajstić information content (AvgIpc) is 2.32. The number of rotatable bonds is 7. The van der Waals surface area contributed by atoms with Crippen LogP contribution in [-0.4, -0.2) is 13.1 Å². The van der Waals surface area contributed by atoms with E-state index in [4.69, 9.17) is 0 Å². The number of hydrogen-bond acceptors (Lipinski definition) is 1. The van der Waals surface area contributed by atoms with Crippen molar-refractivity contribution in [1.29, 1.82) is 0 Å². The lowest BCUT2D eigenvalue weighted by Crippen LogP contribution is -2.16. The monoisotopic (exact) mass is 255 g/mol. The summed E-state index contributed by atoms with van der Waals surface area (Å²) in [6.07, 6.45) is 2.57. The van der Waals surface area contributed by atoms with Crippen molar-refractivity contribution in [3.05, 3.63) is 34.9 Å². The molecule has 0 aliphatic carbocycles. The highest BCUT2D eigenvalue weighted by molar-refractivity contribution is 5.25. The summed E-state index contributed by atoms with van der Waals surface area (Å²) in [5.41, 5.74) is 0.866. The molecule has 0 saturated carbocycles. The lowest BCUT2D eigenvalue weighted by atomic mass is 9.97. The van der Waals surface area contributed by atoms with Crippen molar-refractivity contribution in [2.24, 2.45) is 5.92 Å². The molecule has 0 bridgehead atoms. The van der Waals surface area contributed by atoms with E-state index in [2.05, 4.69) is 19.2 Å². The van der Waals surface area contributed by atoms with E-state index in [9.17, 15) is 8.78 Å². The Morgan fingerprint density at radius 1 is 1.17 bits per heavy atom. The summed E-state index contributed by atoms with van der Waals surface area (Å²) in [5, 5.41) is 3.27. The Kier molecular flexibility index (Phi) is 6.27. The van der Waals surface area contributed by atoms with E-state index in [-0.39, 0.29) is 11.6 Å². The van der Waals surface area contributed by atoms with Crippen molar-refractivity contribution in [3.63, 3.8) is 0 Å². The molecule has 102 valence electrons. The quantitative estimate of drug-likeness (QED) is 0.730. The fourth-order valence-corrected chi connectivity index (χ4v) is 1.95. The number of aryl methyl sites for hydroxylation is 2. The van der Waals surface area contributed by atoms with Crippen LogP contribution in [0.5, 0.6) is 0 Å². The second kappa shape index (κ2) is 7.47. The molecule has 1 rings (SSSR count). The first kappa shape index (κ1) is 15.1. The van der Waals surface area contributed by atoms with Gasteiger partial charge in [0, 0.05) is 0 Å². The normalized spacial score (nSPS) is 12.7. The fraction of sp³-hybridized carbons (Fsp3) is 0.600. The summed E-state index contributed by atoms with van der Waals surface area (Å²) in [5.74, 6) is -0.0766. The maximum atomic E-state index is 13.6. The van der Waals surface area contributed by atoms with Gasteiger partial charge in [0.1, 0.15) is 11.6 Å². The van der Waals surface area contributed by atoms with E-state index in [0.717, 1.165) is 25.9 Å². The van der Waals surface area contributed by atoms with Gasteiger partial charge in [0.25, 0.3) is 0 Å². The molecule has 0 aromatic heterocycles. The summed E-state index contributed by atoms with van der Waals surface area (Å²) in [6, 6.07) is 2.62. The first-order valence-electron chi connectivity index (χ1n) is 6.69. The Morgan fingerprint density at radius 2 is 1.89 bits per heavy atom. The largest absolute Gasteiger partial charge is 0.317 e. The molecule has 1 aromatic rings. The van der Waals surface area contributed by atoms with E-state index in [1.54, 1.807) is 6.92 Å². The SMILES string of the molecule is CCNCCC(C)CCc1cc(F)c(C)cc1F. The molecule has 0 aliphatic rings. The predicted molar refractivity (Wildman–Crippen MR) is 71.7 cm³/mol. The first-order chi connectivity index (χ1) is 8.54. The molecule has 1 aromatic carbocycles. The van der Waals surface area contributed by atoms with Crippen molar-refractivity contribution in [2.45, 2.75) is 40.0 Å². The van der Waals surface area contributed by atoms with Gasteiger partial charge in [-0.25, -0.2) is 8.78 Å². The van der Waals surface area contributed by atoms with Crippen LogP contribution in [0.3, 0.4) is 0 Å². The zero-order chi connectivity index (χ0) is 13.5. The molecule has 1 unspecified atom stereocenters. The number of benzene rings is 1. The molecule has 0 amide bonds. The van der Waals surface area contributed by atoms with Crippen LogP contribution >= 0.6 is 0 Å². The van der Waals surface area contributed by atoms with Gasteiger partial charge in [-0.3, -0.25) is 0 Å². The van der Waals surface area contributed by atoms with Gasteiger partial charge in [0.05, 0.1) is 0 Å². The van der Waals surface area contributed by atoms with E-state index in [1.165, 1.54) is 12.1 Å². The van der Waals surface area contributed by atoms with Crippen molar-refractivity contribution in [3.8, 4) is 0 Å². The number of halogens is 2. The third kappa shape index (κ3) is 4.73. The second-order valence-corrected chi connectivity index (χ2v) is 4.98. The highest BCUT2D eigenvalue weighted by Gasteiger charge is 2.09. The Hall–Kier alpha value is -0.960. The van der Waals surface area contributed by atoms with Gasteiger partial charge in [0.2, 0.25) is 0 Å². The van der Waals surface area contributed by atoms with Crippen LogP contribution in [-0.2, 0) is 6.42 Å². The van der Waals surface area contributed by atoms with Crippen molar-refractivity contribution in [1.82, 2.24) is 5.32 Å². The van der Waals surface area contributed by atoms with Gasteiger partial charge >= 0.3 is 0 Å². The highest BCUT2D eigenvalue weighted by atomic mass is 19.1. The molecule has 1 atom stereocenters. The van der Waals surface area contributed by atoms with E-state index in [0.29, 0.717) is 23.5 Å². The third-order valence-electron chi connectivity index (χ3n) is 3.30. The molecule has 18 heavy (non-hydrogen) atoms. The molecular weight excluding hydrogens is 232 g/mol. The zero-order valence-corrected chi connectivity index (χ0v) is 11.5. The maximum absolute atomic E-state index is 13.6. The van der Waals surface area contributed by atoms with Gasteiger partial charge in [-0.15, -0.1) is 0 Å². The lowest BCUT2D eigenvalue weighted by Gasteiger charge is -2.12. The minimum Gasteiger partial charge on any atom is -0.317 e. The summed E-state index contributed by atoms with van der Waals surface area (Å²) in [4.78, 5) is 0. The summed E-state index contributed by atoms with van der Waals surface area (Å²) < 4.78 is 27.0. The van der Waals surface area contributed by atoms with Crippen LogP contribution in [0, 0.1) is 24.5 Å². The third-order valence-corrected chi connectivity index (χ3v) is 3.30. The fourth-order valence-electron chi connectivity index (χ4n) is 1.95. The molecule has 1 N–H and O–H groups in total. The van der Waals surface area contributed by atoms with E-state index >= 15 is 0 Å². The van der Waals surface area contributed by atoms with Crippen LogP contribution in [0.25, 0.3) is 0 Å². The Labute approximate surface area is 109 Å². The van der Waals surface area contributed by atoms with Crippen LogP contribution in [0.15, 0.2) is 12.1 Å². The topological polar surface area (TPSA) is 12.0 Å². The van der Waals surface area contributed by atoms with Crippen molar-refractivity contribution < 1.29 is 8.78 Å². The van der Waals surface area contributed by atoms with Gasteiger partial charge in [-0.2, -0.15) is 0 Å². The summed E-state index contributed by atoms with van der Waals surface area (Å²) in [6.45, 7) is 7.78. The predicted octanol–water partition coefficient (Wildman–Crippen LogP) is 3.84. The molecule has 0 radical (unpaired) electrons. The molecule has 0 heterocycles.